The third-order valence-corrected chi connectivity index (χ3v) is 5.79. The molecule has 1 N–H and O–H groups in total. The third-order valence-electron chi connectivity index (χ3n) is 5.79. The molecule has 1 saturated heterocycles. The van der Waals surface area contributed by atoms with E-state index in [1.165, 1.54) is 4.90 Å². The Balaban J connectivity index is 1.53. The number of fused-ring (bicyclic) bond motifs is 2. The lowest BCUT2D eigenvalue weighted by molar-refractivity contribution is 0.0516. The molecule has 2 aliphatic rings. The lowest BCUT2D eigenvalue weighted by atomic mass is 10.0. The van der Waals surface area contributed by atoms with Crippen LogP contribution in [0.4, 0.5) is 0 Å². The zero-order chi connectivity index (χ0) is 20.1. The number of nitrogens with zero attached hydrogens (tertiary/aromatic N) is 4. The van der Waals surface area contributed by atoms with E-state index in [1.54, 1.807) is 31.5 Å². The summed E-state index contributed by atoms with van der Waals surface area (Å²) in [5.41, 5.74) is 2.93. The lowest BCUT2D eigenvalue weighted by Crippen LogP contribution is -2.46. The van der Waals surface area contributed by atoms with Gasteiger partial charge in [0.15, 0.2) is 0 Å². The van der Waals surface area contributed by atoms with Gasteiger partial charge in [-0.05, 0) is 57.2 Å². The van der Waals surface area contributed by atoms with Crippen LogP contribution in [0, 0.1) is 0 Å². The number of piperidine rings is 1. The number of amides is 2. The highest BCUT2D eigenvalue weighted by Crippen LogP contribution is 2.33. The van der Waals surface area contributed by atoms with Crippen LogP contribution >= 0.6 is 0 Å². The Kier molecular flexibility index (Phi) is 4.09. The van der Waals surface area contributed by atoms with E-state index in [0.717, 1.165) is 31.5 Å². The number of carbonyl (C=O) groups is 2. The molecule has 0 bridgehead atoms. The van der Waals surface area contributed by atoms with Gasteiger partial charge in [0.1, 0.15) is 5.82 Å². The first kappa shape index (κ1) is 17.8. The molecule has 1 aromatic carbocycles. The number of methoxy groups -OCH3 is 1. The smallest absolute Gasteiger partial charge is 0.261 e. The van der Waals surface area contributed by atoms with Crippen LogP contribution in [0.15, 0.2) is 30.5 Å². The van der Waals surface area contributed by atoms with Gasteiger partial charge in [-0.2, -0.15) is 0 Å². The number of likely N-dealkylation sites (tertiary alicyclic amines) is 1. The molecule has 1 fully saturated rings. The van der Waals surface area contributed by atoms with Crippen molar-refractivity contribution in [2.45, 2.75) is 18.9 Å². The van der Waals surface area contributed by atoms with Gasteiger partial charge in [-0.3, -0.25) is 14.5 Å². The first-order chi connectivity index (χ1) is 14.1. The van der Waals surface area contributed by atoms with Crippen LogP contribution < -0.4 is 4.74 Å². The second-order valence-electron chi connectivity index (χ2n) is 7.58. The predicted octanol–water partition coefficient (Wildman–Crippen LogP) is 2.32. The van der Waals surface area contributed by atoms with Gasteiger partial charge >= 0.3 is 0 Å². The van der Waals surface area contributed by atoms with Crippen molar-refractivity contribution in [1.82, 2.24) is 24.8 Å². The van der Waals surface area contributed by atoms with E-state index in [0.29, 0.717) is 33.9 Å². The maximum Gasteiger partial charge on any atom is 0.261 e. The molecule has 2 aromatic heterocycles. The van der Waals surface area contributed by atoms with Crippen LogP contribution in [0.5, 0.6) is 5.88 Å². The van der Waals surface area contributed by atoms with E-state index in [4.69, 9.17) is 4.74 Å². The molecule has 2 aliphatic heterocycles. The molecular formula is C21H21N5O3. The van der Waals surface area contributed by atoms with Crippen molar-refractivity contribution >= 4 is 22.8 Å². The molecule has 8 heteroatoms. The number of nitrogens with one attached hydrogen (secondary N) is 1. The molecule has 0 spiro atoms. The fourth-order valence-corrected chi connectivity index (χ4v) is 4.21. The SMILES string of the molecule is COc1ncccc1-c1nc2cc3c(cc2[nH]1)C(=O)N(C1CCN(C)CC1)C3=O. The number of rotatable bonds is 3. The average Bonchev–Trinajstić information content (AvgIpc) is 3.26. The summed E-state index contributed by atoms with van der Waals surface area (Å²) in [4.78, 5) is 41.8. The van der Waals surface area contributed by atoms with Crippen LogP contribution in [-0.2, 0) is 0 Å². The fraction of sp³-hybridized carbons (Fsp3) is 0.333. The third kappa shape index (κ3) is 2.79. The summed E-state index contributed by atoms with van der Waals surface area (Å²) in [5.74, 6) is 0.613. The minimum absolute atomic E-state index is 0.0416. The maximum atomic E-state index is 13.0. The number of ether oxygens (including phenoxy) is 1. The number of hydrogen-bond donors (Lipinski definition) is 1. The van der Waals surface area contributed by atoms with Gasteiger partial charge in [-0.15, -0.1) is 0 Å². The van der Waals surface area contributed by atoms with E-state index in [1.807, 2.05) is 6.07 Å². The second kappa shape index (κ2) is 6.66. The van der Waals surface area contributed by atoms with Crippen molar-refractivity contribution in [2.75, 3.05) is 27.2 Å². The number of imide groups is 1. The van der Waals surface area contributed by atoms with Crippen LogP contribution in [0.2, 0.25) is 0 Å². The Morgan fingerprint density at radius 3 is 2.55 bits per heavy atom. The summed E-state index contributed by atoms with van der Waals surface area (Å²) >= 11 is 0. The number of pyridine rings is 1. The van der Waals surface area contributed by atoms with Gasteiger partial charge in [0, 0.05) is 12.2 Å². The quantitative estimate of drug-likeness (QED) is 0.689. The topological polar surface area (TPSA) is 91.4 Å². The average molecular weight is 391 g/mol. The molecule has 0 radical (unpaired) electrons. The first-order valence-electron chi connectivity index (χ1n) is 9.66. The van der Waals surface area contributed by atoms with Crippen molar-refractivity contribution in [1.29, 1.82) is 0 Å². The van der Waals surface area contributed by atoms with Gasteiger partial charge in [0.2, 0.25) is 5.88 Å². The van der Waals surface area contributed by atoms with Crippen LogP contribution in [0.25, 0.3) is 22.4 Å². The summed E-state index contributed by atoms with van der Waals surface area (Å²) in [6.07, 6.45) is 3.26. The highest BCUT2D eigenvalue weighted by atomic mass is 16.5. The van der Waals surface area contributed by atoms with Gasteiger partial charge in [-0.25, -0.2) is 9.97 Å². The van der Waals surface area contributed by atoms with E-state index in [2.05, 4.69) is 26.9 Å². The normalized spacial score (nSPS) is 17.9. The van der Waals surface area contributed by atoms with Crippen LogP contribution in [0.3, 0.4) is 0 Å². The van der Waals surface area contributed by atoms with E-state index >= 15 is 0 Å². The Bertz CT molecular complexity index is 1080. The van der Waals surface area contributed by atoms with Crippen LogP contribution in [0.1, 0.15) is 33.6 Å². The number of aromatic amines is 1. The van der Waals surface area contributed by atoms with Crippen molar-refractivity contribution in [3.8, 4) is 17.3 Å². The van der Waals surface area contributed by atoms with Crippen molar-refractivity contribution in [2.24, 2.45) is 0 Å². The Labute approximate surface area is 167 Å². The van der Waals surface area contributed by atoms with Gasteiger partial charge in [0.05, 0.1) is 34.8 Å². The Morgan fingerprint density at radius 2 is 1.83 bits per heavy atom. The Hall–Kier alpha value is -3.26. The molecule has 148 valence electrons. The second-order valence-corrected chi connectivity index (χ2v) is 7.58. The molecule has 4 heterocycles. The standard InChI is InChI=1S/C21H21N5O3/c1-25-8-5-12(6-9-25)26-20(27)14-10-16-17(11-15(14)21(26)28)24-18(23-16)13-4-3-7-22-19(13)29-2/h3-4,7,10-12H,5-6,8-9H2,1-2H3,(H,23,24). The molecule has 8 nitrogen and oxygen atoms in total. The largest absolute Gasteiger partial charge is 0.480 e. The zero-order valence-electron chi connectivity index (χ0n) is 16.3. The van der Waals surface area contributed by atoms with Crippen LogP contribution in [-0.4, -0.2) is 69.9 Å². The molecule has 5 rings (SSSR count). The summed E-state index contributed by atoms with van der Waals surface area (Å²) in [6, 6.07) is 7.06. The molecule has 2 amide bonds. The number of imidazole rings is 1. The van der Waals surface area contributed by atoms with E-state index in [-0.39, 0.29) is 17.9 Å². The van der Waals surface area contributed by atoms with Gasteiger partial charge < -0.3 is 14.6 Å². The number of hydrogen-bond acceptors (Lipinski definition) is 6. The number of carbonyl (C=O) groups excluding carboxylic acids is 2. The summed E-state index contributed by atoms with van der Waals surface area (Å²) in [6.45, 7) is 1.77. The lowest BCUT2D eigenvalue weighted by Gasteiger charge is -2.33. The van der Waals surface area contributed by atoms with Crippen molar-refractivity contribution in [3.05, 3.63) is 41.6 Å². The summed E-state index contributed by atoms with van der Waals surface area (Å²) in [5, 5.41) is 0. The molecule has 0 aliphatic carbocycles. The van der Waals surface area contributed by atoms with E-state index < -0.39 is 0 Å². The summed E-state index contributed by atoms with van der Waals surface area (Å²) in [7, 11) is 3.61. The molecule has 0 unspecified atom stereocenters. The zero-order valence-corrected chi connectivity index (χ0v) is 16.3. The minimum atomic E-state index is -0.218. The number of aromatic nitrogens is 3. The van der Waals surface area contributed by atoms with Crippen molar-refractivity contribution < 1.29 is 14.3 Å². The highest BCUT2D eigenvalue weighted by Gasteiger charge is 2.41. The molecule has 0 saturated carbocycles. The highest BCUT2D eigenvalue weighted by molar-refractivity contribution is 6.23. The molecule has 0 atom stereocenters. The van der Waals surface area contributed by atoms with Gasteiger partial charge in [-0.1, -0.05) is 0 Å². The molecular weight excluding hydrogens is 370 g/mol. The predicted molar refractivity (Wildman–Crippen MR) is 107 cm³/mol. The maximum absolute atomic E-state index is 13.0. The summed E-state index contributed by atoms with van der Waals surface area (Å²) < 4.78 is 5.31. The first-order valence-corrected chi connectivity index (χ1v) is 9.66. The molecule has 29 heavy (non-hydrogen) atoms. The van der Waals surface area contributed by atoms with E-state index in [9.17, 15) is 9.59 Å². The minimum Gasteiger partial charge on any atom is -0.480 e. The number of H-pyrrole nitrogens is 1. The number of benzene rings is 1. The monoisotopic (exact) mass is 391 g/mol. The van der Waals surface area contributed by atoms with Gasteiger partial charge in [0.25, 0.3) is 11.8 Å². The molecule has 3 aromatic rings. The fourth-order valence-electron chi connectivity index (χ4n) is 4.21. The Morgan fingerprint density at radius 1 is 1.10 bits per heavy atom. The van der Waals surface area contributed by atoms with Crippen molar-refractivity contribution in [3.63, 3.8) is 0 Å².